The molecule has 1 aliphatic heterocycles. The summed E-state index contributed by atoms with van der Waals surface area (Å²) < 4.78 is 45.6. The molecule has 188 valence electrons. The molecule has 3 aromatic carbocycles. The first-order valence-electron chi connectivity index (χ1n) is 12.1. The number of ether oxygens (including phenoxy) is 1. The maximum absolute atomic E-state index is 13.3. The molecule has 1 fully saturated rings. The van der Waals surface area contributed by atoms with Gasteiger partial charge >= 0.3 is 13.1 Å². The summed E-state index contributed by atoms with van der Waals surface area (Å²) in [5.41, 5.74) is 11.2. The molecule has 1 amide bonds. The normalized spacial score (nSPS) is 16.1. The molecule has 0 unspecified atom stereocenters. The predicted molar refractivity (Wildman–Crippen MR) is 136 cm³/mol. The van der Waals surface area contributed by atoms with Crippen LogP contribution in [0.15, 0.2) is 60.7 Å². The van der Waals surface area contributed by atoms with Crippen molar-refractivity contribution in [3.05, 3.63) is 82.9 Å². The summed E-state index contributed by atoms with van der Waals surface area (Å²) in [6, 6.07) is 18.6. The van der Waals surface area contributed by atoms with Crippen molar-refractivity contribution in [2.24, 2.45) is 0 Å². The molecule has 2 aliphatic rings. The van der Waals surface area contributed by atoms with Crippen molar-refractivity contribution in [2.75, 3.05) is 38.5 Å². The van der Waals surface area contributed by atoms with Crippen LogP contribution in [0.3, 0.4) is 0 Å². The van der Waals surface area contributed by atoms with Crippen molar-refractivity contribution in [1.29, 1.82) is 0 Å². The fourth-order valence-electron chi connectivity index (χ4n) is 5.19. The molecule has 9 heteroatoms. The fourth-order valence-corrected chi connectivity index (χ4v) is 5.19. The smallest absolute Gasteiger partial charge is 0.448 e. The largest absolute Gasteiger partial charge is 0.509 e. The highest BCUT2D eigenvalue weighted by Crippen LogP contribution is 2.44. The number of amides is 1. The van der Waals surface area contributed by atoms with Gasteiger partial charge in [0.15, 0.2) is 0 Å². The summed E-state index contributed by atoms with van der Waals surface area (Å²) in [5.74, 6) is -0.00132. The average molecular weight is 494 g/mol. The van der Waals surface area contributed by atoms with Gasteiger partial charge in [-0.15, -0.1) is 5.46 Å². The Balaban J connectivity index is 1.19. The lowest BCUT2D eigenvalue weighted by Crippen LogP contribution is -2.48. The number of benzene rings is 3. The Labute approximate surface area is 208 Å². The van der Waals surface area contributed by atoms with Crippen molar-refractivity contribution in [3.8, 4) is 11.1 Å². The third kappa shape index (κ3) is 4.67. The first kappa shape index (κ1) is 24.2. The maximum atomic E-state index is 13.3. The van der Waals surface area contributed by atoms with E-state index in [-0.39, 0.29) is 24.3 Å². The molecule has 0 bridgehead atoms. The fraction of sp³-hybridized carbons (Fsp3) is 0.296. The summed E-state index contributed by atoms with van der Waals surface area (Å²) >= 11 is 0. The summed E-state index contributed by atoms with van der Waals surface area (Å²) in [7, 11) is 0. The molecule has 0 spiro atoms. The topological polar surface area (TPSA) is 58.8 Å². The van der Waals surface area contributed by atoms with E-state index >= 15 is 0 Å². The molecule has 5 rings (SSSR count). The molecular formula is C27H28BF3N3O2-. The summed E-state index contributed by atoms with van der Waals surface area (Å²) in [4.78, 5) is 16.6. The third-order valence-electron chi connectivity index (χ3n) is 7.32. The van der Waals surface area contributed by atoms with E-state index in [9.17, 15) is 17.7 Å². The molecule has 0 aromatic heterocycles. The zero-order chi connectivity index (χ0) is 25.4. The van der Waals surface area contributed by atoms with E-state index in [4.69, 9.17) is 10.5 Å². The Morgan fingerprint density at radius 2 is 1.56 bits per heavy atom. The molecule has 0 radical (unpaired) electrons. The minimum absolute atomic E-state index is 0.00132. The molecule has 2 N–H and O–H groups in total. The number of hydrogen-bond donors (Lipinski definition) is 1. The van der Waals surface area contributed by atoms with Gasteiger partial charge in [0.1, 0.15) is 6.61 Å². The number of fused-ring (bicyclic) bond motifs is 3. The second kappa shape index (κ2) is 9.54. The van der Waals surface area contributed by atoms with E-state index in [1.807, 2.05) is 29.2 Å². The van der Waals surface area contributed by atoms with Crippen LogP contribution in [-0.4, -0.2) is 55.7 Å². The molecule has 0 saturated carbocycles. The predicted octanol–water partition coefficient (Wildman–Crippen LogP) is 4.70. The van der Waals surface area contributed by atoms with Gasteiger partial charge in [-0.05, 0) is 40.3 Å². The van der Waals surface area contributed by atoms with Crippen molar-refractivity contribution < 1.29 is 22.5 Å². The molecule has 0 atom stereocenters. The van der Waals surface area contributed by atoms with E-state index in [1.54, 1.807) is 11.8 Å². The number of anilines is 1. The highest BCUT2D eigenvalue weighted by Gasteiger charge is 2.31. The molecule has 1 aliphatic carbocycles. The first-order chi connectivity index (χ1) is 17.2. The monoisotopic (exact) mass is 494 g/mol. The highest BCUT2D eigenvalue weighted by molar-refractivity contribution is 6.73. The van der Waals surface area contributed by atoms with Crippen LogP contribution in [0.25, 0.3) is 11.1 Å². The Bertz CT molecular complexity index is 1240. The van der Waals surface area contributed by atoms with Crippen molar-refractivity contribution in [2.45, 2.75) is 19.4 Å². The Morgan fingerprint density at radius 3 is 2.14 bits per heavy atom. The number of nitrogens with two attached hydrogens (primary N) is 1. The lowest BCUT2D eigenvalue weighted by atomic mass is 9.78. The number of nitrogens with zero attached hydrogens (tertiary/aromatic N) is 2. The van der Waals surface area contributed by atoms with E-state index in [0.717, 1.165) is 17.2 Å². The first-order valence-corrected chi connectivity index (χ1v) is 12.1. The lowest BCUT2D eigenvalue weighted by Gasteiger charge is -2.35. The van der Waals surface area contributed by atoms with Gasteiger partial charge < -0.3 is 28.3 Å². The number of carbonyl (C=O) groups excluding carboxylic acids is 1. The van der Waals surface area contributed by atoms with Crippen LogP contribution in [0.5, 0.6) is 0 Å². The summed E-state index contributed by atoms with van der Waals surface area (Å²) in [6.07, 6.45) is -0.362. The van der Waals surface area contributed by atoms with Gasteiger partial charge in [0, 0.05) is 44.3 Å². The van der Waals surface area contributed by atoms with Crippen LogP contribution < -0.4 is 11.2 Å². The van der Waals surface area contributed by atoms with Gasteiger partial charge in [-0.1, -0.05) is 60.7 Å². The van der Waals surface area contributed by atoms with Crippen molar-refractivity contribution in [3.63, 3.8) is 0 Å². The summed E-state index contributed by atoms with van der Waals surface area (Å²) in [5, 5.41) is 0. The van der Waals surface area contributed by atoms with Crippen molar-refractivity contribution in [1.82, 2.24) is 9.80 Å². The number of carbonyl (C=O) groups is 1. The van der Waals surface area contributed by atoms with E-state index in [2.05, 4.69) is 24.3 Å². The minimum Gasteiger partial charge on any atom is -0.448 e. The SMILES string of the molecule is Cc1c(N)cc([B-](F)(F)F)cc1CN1CCN(C(=O)OCC2c3ccccc3-c3ccccc32)CC1. The number of halogens is 3. The summed E-state index contributed by atoms with van der Waals surface area (Å²) in [6.45, 7) is -0.763. The molecule has 1 heterocycles. The molecule has 36 heavy (non-hydrogen) atoms. The quantitative estimate of drug-likeness (QED) is 0.413. The minimum atomic E-state index is -5.12. The van der Waals surface area contributed by atoms with Crippen molar-refractivity contribution >= 4 is 24.2 Å². The van der Waals surface area contributed by atoms with Crippen LogP contribution in [0.2, 0.25) is 0 Å². The van der Waals surface area contributed by atoms with Crippen LogP contribution >= 0.6 is 0 Å². The standard InChI is InChI=1S/C27H28BF3N3O2/c1-18-19(14-20(15-26(18)32)28(29,30)31)16-33-10-12-34(13-11-33)27(35)36-17-25-23-8-4-2-6-21(23)22-7-3-5-9-24(22)25/h2-9,14-15,25H,10-13,16-17,32H2,1H3/q-1. The van der Waals surface area contributed by atoms with E-state index < -0.39 is 12.4 Å². The van der Waals surface area contributed by atoms with Gasteiger partial charge in [-0.25, -0.2) is 4.79 Å². The zero-order valence-electron chi connectivity index (χ0n) is 20.1. The maximum Gasteiger partial charge on any atom is 0.509 e. The zero-order valence-corrected chi connectivity index (χ0v) is 20.1. The highest BCUT2D eigenvalue weighted by atomic mass is 19.4. The Hall–Kier alpha value is -3.46. The van der Waals surface area contributed by atoms with E-state index in [1.165, 1.54) is 17.2 Å². The van der Waals surface area contributed by atoms with Gasteiger partial charge in [0.25, 0.3) is 0 Å². The Kier molecular flexibility index (Phi) is 6.43. The van der Waals surface area contributed by atoms with E-state index in [0.29, 0.717) is 43.9 Å². The van der Waals surface area contributed by atoms with Crippen LogP contribution in [0.1, 0.15) is 28.2 Å². The number of piperazine rings is 1. The second-order valence-electron chi connectivity index (χ2n) is 9.54. The molecule has 5 nitrogen and oxygen atoms in total. The lowest BCUT2D eigenvalue weighted by molar-refractivity contribution is 0.0728. The Morgan fingerprint density at radius 1 is 0.972 bits per heavy atom. The van der Waals surface area contributed by atoms with Crippen LogP contribution in [0.4, 0.5) is 23.4 Å². The number of nitrogen functional groups attached to an aromatic ring is 1. The van der Waals surface area contributed by atoms with Gasteiger partial charge in [0.2, 0.25) is 0 Å². The number of hydrogen-bond acceptors (Lipinski definition) is 4. The van der Waals surface area contributed by atoms with Gasteiger partial charge in [-0.3, -0.25) is 4.90 Å². The number of rotatable bonds is 5. The molecule has 1 saturated heterocycles. The average Bonchev–Trinajstić information content (AvgIpc) is 3.19. The van der Waals surface area contributed by atoms with Crippen LogP contribution in [0, 0.1) is 6.92 Å². The van der Waals surface area contributed by atoms with Gasteiger partial charge in [0.05, 0.1) is 0 Å². The molecule has 3 aromatic rings. The molecular weight excluding hydrogens is 466 g/mol. The van der Waals surface area contributed by atoms with Gasteiger partial charge in [-0.2, -0.15) is 0 Å². The second-order valence-corrected chi connectivity index (χ2v) is 9.54. The third-order valence-corrected chi connectivity index (χ3v) is 7.32. The van der Waals surface area contributed by atoms with Crippen LogP contribution in [-0.2, 0) is 11.3 Å².